The SMILES string of the molecule is O=C(NC(Cc1ccc(Cl)cc1)c1ccccc1)[C@@H]1CC[C@H](C(=O)O)O1. The number of ether oxygens (including phenoxy) is 1. The molecule has 2 aromatic carbocycles. The van der Waals surface area contributed by atoms with Crippen molar-refractivity contribution in [1.82, 2.24) is 5.32 Å². The van der Waals surface area contributed by atoms with Crippen LogP contribution < -0.4 is 5.32 Å². The summed E-state index contributed by atoms with van der Waals surface area (Å²) in [5.74, 6) is -1.31. The number of nitrogens with one attached hydrogen (secondary N) is 1. The summed E-state index contributed by atoms with van der Waals surface area (Å²) in [6, 6.07) is 16.9. The van der Waals surface area contributed by atoms with Crippen LogP contribution >= 0.6 is 11.6 Å². The lowest BCUT2D eigenvalue weighted by Gasteiger charge is -2.21. The fraction of sp³-hybridized carbons (Fsp3) is 0.300. The summed E-state index contributed by atoms with van der Waals surface area (Å²) in [6.45, 7) is 0. The van der Waals surface area contributed by atoms with Crippen LogP contribution in [0.15, 0.2) is 54.6 Å². The van der Waals surface area contributed by atoms with Gasteiger partial charge in [-0.15, -0.1) is 0 Å². The largest absolute Gasteiger partial charge is 0.479 e. The predicted octanol–water partition coefficient (Wildman–Crippen LogP) is 3.37. The Hall–Kier alpha value is -2.37. The Kier molecular flexibility index (Phi) is 5.91. The van der Waals surface area contributed by atoms with Gasteiger partial charge in [0.2, 0.25) is 5.91 Å². The molecule has 1 aliphatic heterocycles. The topological polar surface area (TPSA) is 75.6 Å². The second-order valence-electron chi connectivity index (χ2n) is 6.33. The van der Waals surface area contributed by atoms with Crippen LogP contribution in [0.5, 0.6) is 0 Å². The molecule has 0 radical (unpaired) electrons. The van der Waals surface area contributed by atoms with Crippen molar-refractivity contribution in [2.24, 2.45) is 0 Å². The maximum absolute atomic E-state index is 12.6. The van der Waals surface area contributed by atoms with Gasteiger partial charge < -0.3 is 15.2 Å². The molecule has 0 bridgehead atoms. The molecule has 1 amide bonds. The third-order valence-corrected chi connectivity index (χ3v) is 4.71. The Morgan fingerprint density at radius 3 is 2.35 bits per heavy atom. The fourth-order valence-electron chi connectivity index (χ4n) is 3.07. The van der Waals surface area contributed by atoms with Crippen LogP contribution in [0.4, 0.5) is 0 Å². The molecule has 0 spiro atoms. The third kappa shape index (κ3) is 4.62. The highest BCUT2D eigenvalue weighted by molar-refractivity contribution is 6.30. The van der Waals surface area contributed by atoms with Crippen LogP contribution in [-0.2, 0) is 20.7 Å². The summed E-state index contributed by atoms with van der Waals surface area (Å²) in [4.78, 5) is 23.6. The Labute approximate surface area is 156 Å². The van der Waals surface area contributed by atoms with Gasteiger partial charge in [-0.25, -0.2) is 4.79 Å². The van der Waals surface area contributed by atoms with E-state index < -0.39 is 18.2 Å². The Balaban J connectivity index is 1.72. The lowest BCUT2D eigenvalue weighted by Crippen LogP contribution is -2.38. The van der Waals surface area contributed by atoms with Crippen LogP contribution in [0.3, 0.4) is 0 Å². The van der Waals surface area contributed by atoms with Crippen molar-refractivity contribution in [2.45, 2.75) is 37.5 Å². The van der Waals surface area contributed by atoms with Gasteiger partial charge in [0.1, 0.15) is 6.10 Å². The van der Waals surface area contributed by atoms with E-state index in [9.17, 15) is 9.59 Å². The number of hydrogen-bond donors (Lipinski definition) is 2. The highest BCUT2D eigenvalue weighted by atomic mass is 35.5. The van der Waals surface area contributed by atoms with Crippen molar-refractivity contribution in [1.29, 1.82) is 0 Å². The standard InChI is InChI=1S/C20H20ClNO4/c21-15-8-6-13(7-9-15)12-16(14-4-2-1-3-5-14)22-19(23)17-10-11-18(26-17)20(24)25/h1-9,16-18H,10-12H2,(H,22,23)(H,24,25)/t16?,17-,18+/m0/s1. The number of carbonyl (C=O) groups excluding carboxylic acids is 1. The first-order valence-electron chi connectivity index (χ1n) is 8.51. The van der Waals surface area contributed by atoms with Gasteiger partial charge in [0, 0.05) is 5.02 Å². The average Bonchev–Trinajstić information content (AvgIpc) is 3.14. The number of halogens is 1. The molecular formula is C20H20ClNO4. The van der Waals surface area contributed by atoms with Crippen molar-refractivity contribution in [3.05, 3.63) is 70.7 Å². The number of benzene rings is 2. The van der Waals surface area contributed by atoms with E-state index >= 15 is 0 Å². The maximum atomic E-state index is 12.6. The number of carboxylic acids is 1. The zero-order valence-electron chi connectivity index (χ0n) is 14.1. The normalized spacial score (nSPS) is 20.5. The highest BCUT2D eigenvalue weighted by Crippen LogP contribution is 2.23. The van der Waals surface area contributed by atoms with Gasteiger partial charge in [-0.05, 0) is 42.5 Å². The van der Waals surface area contributed by atoms with Gasteiger partial charge in [-0.3, -0.25) is 4.79 Å². The molecule has 136 valence electrons. The second-order valence-corrected chi connectivity index (χ2v) is 6.77. The molecule has 1 aliphatic rings. The summed E-state index contributed by atoms with van der Waals surface area (Å²) in [6.07, 6.45) is -0.279. The highest BCUT2D eigenvalue weighted by Gasteiger charge is 2.35. The van der Waals surface area contributed by atoms with Crippen LogP contribution in [0.2, 0.25) is 5.02 Å². The van der Waals surface area contributed by atoms with Crippen molar-refractivity contribution >= 4 is 23.5 Å². The van der Waals surface area contributed by atoms with Gasteiger partial charge in [-0.2, -0.15) is 0 Å². The summed E-state index contributed by atoms with van der Waals surface area (Å²) < 4.78 is 5.36. The van der Waals surface area contributed by atoms with E-state index in [1.165, 1.54) is 0 Å². The summed E-state index contributed by atoms with van der Waals surface area (Å²) in [5, 5.41) is 12.7. The van der Waals surface area contributed by atoms with Gasteiger partial charge in [0.25, 0.3) is 0 Å². The smallest absolute Gasteiger partial charge is 0.332 e. The van der Waals surface area contributed by atoms with E-state index in [-0.39, 0.29) is 11.9 Å². The number of amides is 1. The van der Waals surface area contributed by atoms with Crippen molar-refractivity contribution < 1.29 is 19.4 Å². The molecule has 1 heterocycles. The van der Waals surface area contributed by atoms with Crippen LogP contribution in [-0.4, -0.2) is 29.2 Å². The van der Waals surface area contributed by atoms with Crippen molar-refractivity contribution in [3.63, 3.8) is 0 Å². The minimum atomic E-state index is -1.03. The molecule has 3 atom stereocenters. The molecule has 5 nitrogen and oxygen atoms in total. The second kappa shape index (κ2) is 8.34. The zero-order chi connectivity index (χ0) is 18.5. The Bertz CT molecular complexity index is 763. The first-order chi connectivity index (χ1) is 12.5. The molecular weight excluding hydrogens is 354 g/mol. The molecule has 1 fully saturated rings. The number of carboxylic acid groups (broad SMARTS) is 1. The minimum Gasteiger partial charge on any atom is -0.479 e. The van der Waals surface area contributed by atoms with Crippen molar-refractivity contribution in [2.75, 3.05) is 0 Å². The lowest BCUT2D eigenvalue weighted by atomic mass is 9.98. The minimum absolute atomic E-state index is 0.239. The Morgan fingerprint density at radius 2 is 1.73 bits per heavy atom. The lowest BCUT2D eigenvalue weighted by molar-refractivity contribution is -0.151. The number of aliphatic carboxylic acids is 1. The molecule has 2 aromatic rings. The summed E-state index contributed by atoms with van der Waals surface area (Å²) >= 11 is 5.94. The van der Waals surface area contributed by atoms with E-state index in [0.717, 1.165) is 11.1 Å². The number of hydrogen-bond acceptors (Lipinski definition) is 3. The summed E-state index contributed by atoms with van der Waals surface area (Å²) in [7, 11) is 0. The van der Waals surface area contributed by atoms with Gasteiger partial charge in [-0.1, -0.05) is 54.1 Å². The first kappa shape index (κ1) is 18.4. The molecule has 2 N–H and O–H groups in total. The molecule has 1 unspecified atom stereocenters. The maximum Gasteiger partial charge on any atom is 0.332 e. The average molecular weight is 374 g/mol. The van der Waals surface area contributed by atoms with Crippen LogP contribution in [0.25, 0.3) is 0 Å². The predicted molar refractivity (Wildman–Crippen MR) is 98.0 cm³/mol. The van der Waals surface area contributed by atoms with E-state index in [2.05, 4.69) is 5.32 Å². The van der Waals surface area contributed by atoms with E-state index in [4.69, 9.17) is 21.4 Å². The molecule has 26 heavy (non-hydrogen) atoms. The quantitative estimate of drug-likeness (QED) is 0.814. The monoisotopic (exact) mass is 373 g/mol. The third-order valence-electron chi connectivity index (χ3n) is 4.46. The van der Waals surface area contributed by atoms with Gasteiger partial charge >= 0.3 is 5.97 Å². The molecule has 0 aromatic heterocycles. The first-order valence-corrected chi connectivity index (χ1v) is 8.89. The Morgan fingerprint density at radius 1 is 1.08 bits per heavy atom. The van der Waals surface area contributed by atoms with Crippen LogP contribution in [0, 0.1) is 0 Å². The fourth-order valence-corrected chi connectivity index (χ4v) is 3.20. The molecule has 3 rings (SSSR count). The molecule has 0 aliphatic carbocycles. The summed E-state index contributed by atoms with van der Waals surface area (Å²) in [5.41, 5.74) is 2.02. The van der Waals surface area contributed by atoms with E-state index in [0.29, 0.717) is 24.3 Å². The van der Waals surface area contributed by atoms with Crippen LogP contribution in [0.1, 0.15) is 30.0 Å². The molecule has 0 saturated carbocycles. The number of carbonyl (C=O) groups is 2. The zero-order valence-corrected chi connectivity index (χ0v) is 14.9. The van der Waals surface area contributed by atoms with Crippen molar-refractivity contribution in [3.8, 4) is 0 Å². The van der Waals surface area contributed by atoms with Gasteiger partial charge in [0.15, 0.2) is 6.10 Å². The van der Waals surface area contributed by atoms with E-state index in [1.807, 2.05) is 54.6 Å². The van der Waals surface area contributed by atoms with E-state index in [1.54, 1.807) is 0 Å². The molecule has 6 heteroatoms. The molecule has 1 saturated heterocycles. The van der Waals surface area contributed by atoms with Gasteiger partial charge in [0.05, 0.1) is 6.04 Å². The number of rotatable bonds is 6.